The van der Waals surface area contributed by atoms with Crippen molar-refractivity contribution in [2.24, 2.45) is 4.99 Å². The van der Waals surface area contributed by atoms with Crippen LogP contribution in [0.4, 0.5) is 5.69 Å². The Balaban J connectivity index is 1.53. The second-order valence-electron chi connectivity index (χ2n) is 6.39. The number of benzene rings is 2. The molecule has 2 aromatic carbocycles. The molecule has 130 valence electrons. The van der Waals surface area contributed by atoms with Gasteiger partial charge in [0.2, 0.25) is 0 Å². The van der Waals surface area contributed by atoms with Crippen LogP contribution in [0, 0.1) is 0 Å². The fraction of sp³-hybridized carbons (Fsp3) is 0.350. The summed E-state index contributed by atoms with van der Waals surface area (Å²) in [5.74, 6) is 1.11. The third kappa shape index (κ3) is 4.25. The second kappa shape index (κ2) is 8.17. The summed E-state index contributed by atoms with van der Waals surface area (Å²) in [6, 6.07) is 16.7. The molecule has 2 aromatic rings. The van der Waals surface area contributed by atoms with Crippen molar-refractivity contribution in [2.45, 2.75) is 18.1 Å². The molecule has 1 fully saturated rings. The minimum absolute atomic E-state index is 0.265. The van der Waals surface area contributed by atoms with Crippen LogP contribution in [0.1, 0.15) is 29.2 Å². The summed E-state index contributed by atoms with van der Waals surface area (Å²) in [5.41, 5.74) is 3.58. The van der Waals surface area contributed by atoms with E-state index >= 15 is 0 Å². The van der Waals surface area contributed by atoms with Gasteiger partial charge in [-0.3, -0.25) is 0 Å². The van der Waals surface area contributed by atoms with Crippen LogP contribution in [0.3, 0.4) is 0 Å². The van der Waals surface area contributed by atoms with E-state index in [4.69, 9.17) is 16.6 Å². The Bertz CT molecular complexity index is 758. The average molecular weight is 389 g/mol. The number of likely N-dealkylation sites (tertiary alicyclic amines) is 1. The fourth-order valence-electron chi connectivity index (χ4n) is 3.34. The Kier molecular flexibility index (Phi) is 5.71. The fourth-order valence-corrected chi connectivity index (χ4v) is 5.98. The number of rotatable bonds is 4. The SMILES string of the molecule is Clc1ccc2c(c1)C(c1ccccc1)SC(SCCN1CCCC1)=N2. The van der Waals surface area contributed by atoms with E-state index in [1.54, 1.807) is 0 Å². The van der Waals surface area contributed by atoms with Crippen LogP contribution < -0.4 is 0 Å². The molecule has 2 nitrogen and oxygen atoms in total. The molecule has 0 amide bonds. The summed E-state index contributed by atoms with van der Waals surface area (Å²) >= 11 is 10.00. The predicted molar refractivity (Wildman–Crippen MR) is 113 cm³/mol. The molecule has 0 spiro atoms. The monoisotopic (exact) mass is 388 g/mol. The Morgan fingerprint density at radius 1 is 1.12 bits per heavy atom. The van der Waals surface area contributed by atoms with E-state index in [-0.39, 0.29) is 5.25 Å². The Morgan fingerprint density at radius 2 is 1.92 bits per heavy atom. The quantitative estimate of drug-likeness (QED) is 0.639. The van der Waals surface area contributed by atoms with Crippen molar-refractivity contribution in [3.63, 3.8) is 0 Å². The van der Waals surface area contributed by atoms with Gasteiger partial charge in [-0.25, -0.2) is 4.99 Å². The number of thioether (sulfide) groups is 2. The number of fused-ring (bicyclic) bond motifs is 1. The van der Waals surface area contributed by atoms with Gasteiger partial charge >= 0.3 is 0 Å². The van der Waals surface area contributed by atoms with Gasteiger partial charge in [0.25, 0.3) is 0 Å². The predicted octanol–water partition coefficient (Wildman–Crippen LogP) is 5.99. The molecular weight excluding hydrogens is 368 g/mol. The van der Waals surface area contributed by atoms with E-state index in [0.717, 1.165) is 23.0 Å². The van der Waals surface area contributed by atoms with Gasteiger partial charge in [-0.15, -0.1) is 0 Å². The van der Waals surface area contributed by atoms with Crippen molar-refractivity contribution in [3.8, 4) is 0 Å². The summed E-state index contributed by atoms with van der Waals surface area (Å²) in [6.45, 7) is 3.68. The highest BCUT2D eigenvalue weighted by Gasteiger charge is 2.25. The lowest BCUT2D eigenvalue weighted by molar-refractivity contribution is 0.362. The molecular formula is C20H21ClN2S2. The van der Waals surface area contributed by atoms with Gasteiger partial charge in [-0.05, 0) is 55.3 Å². The first-order valence-corrected chi connectivity index (χ1v) is 11.0. The molecule has 1 atom stereocenters. The van der Waals surface area contributed by atoms with Crippen LogP contribution in [0.15, 0.2) is 53.5 Å². The molecule has 2 aliphatic rings. The van der Waals surface area contributed by atoms with Gasteiger partial charge in [0.15, 0.2) is 0 Å². The molecule has 25 heavy (non-hydrogen) atoms. The van der Waals surface area contributed by atoms with Crippen LogP contribution in [0.5, 0.6) is 0 Å². The maximum absolute atomic E-state index is 6.25. The molecule has 1 saturated heterocycles. The first kappa shape index (κ1) is 17.5. The molecule has 0 saturated carbocycles. The van der Waals surface area contributed by atoms with Crippen LogP contribution in [-0.2, 0) is 0 Å². The van der Waals surface area contributed by atoms with Gasteiger partial charge in [-0.1, -0.05) is 65.5 Å². The molecule has 2 heterocycles. The highest BCUT2D eigenvalue weighted by atomic mass is 35.5. The van der Waals surface area contributed by atoms with Crippen molar-refractivity contribution in [2.75, 3.05) is 25.4 Å². The molecule has 1 unspecified atom stereocenters. The minimum atomic E-state index is 0.265. The molecule has 4 rings (SSSR count). The molecule has 2 aliphatic heterocycles. The highest BCUT2D eigenvalue weighted by molar-refractivity contribution is 8.39. The lowest BCUT2D eigenvalue weighted by Crippen LogP contribution is -2.22. The Morgan fingerprint density at radius 3 is 2.72 bits per heavy atom. The first-order valence-electron chi connectivity index (χ1n) is 8.74. The third-order valence-electron chi connectivity index (χ3n) is 4.64. The lowest BCUT2D eigenvalue weighted by Gasteiger charge is -2.25. The van der Waals surface area contributed by atoms with E-state index in [9.17, 15) is 0 Å². The summed E-state index contributed by atoms with van der Waals surface area (Å²) < 4.78 is 1.17. The summed E-state index contributed by atoms with van der Waals surface area (Å²) in [6.07, 6.45) is 2.70. The highest BCUT2D eigenvalue weighted by Crippen LogP contribution is 2.47. The zero-order valence-corrected chi connectivity index (χ0v) is 16.4. The summed E-state index contributed by atoms with van der Waals surface area (Å²) in [7, 11) is 0. The van der Waals surface area contributed by atoms with E-state index in [2.05, 4.69) is 41.3 Å². The normalized spacial score (nSPS) is 20.4. The van der Waals surface area contributed by atoms with Crippen molar-refractivity contribution in [3.05, 3.63) is 64.7 Å². The van der Waals surface area contributed by atoms with Gasteiger partial charge in [0.05, 0.1) is 10.9 Å². The number of hydrogen-bond donors (Lipinski definition) is 0. The number of hydrogen-bond acceptors (Lipinski definition) is 4. The van der Waals surface area contributed by atoms with E-state index in [1.807, 2.05) is 35.7 Å². The second-order valence-corrected chi connectivity index (χ2v) is 9.26. The topological polar surface area (TPSA) is 15.6 Å². The van der Waals surface area contributed by atoms with Crippen LogP contribution >= 0.6 is 35.1 Å². The smallest absolute Gasteiger partial charge is 0.131 e. The van der Waals surface area contributed by atoms with Gasteiger partial charge in [-0.2, -0.15) is 0 Å². The third-order valence-corrected chi connectivity index (χ3v) is 7.29. The van der Waals surface area contributed by atoms with Crippen molar-refractivity contribution in [1.29, 1.82) is 0 Å². The molecule has 0 N–H and O–H groups in total. The number of aliphatic imine (C=N–C) groups is 1. The number of nitrogens with zero attached hydrogens (tertiary/aromatic N) is 2. The Labute approximate surface area is 163 Å². The zero-order chi connectivity index (χ0) is 17.1. The van der Waals surface area contributed by atoms with E-state index < -0.39 is 0 Å². The van der Waals surface area contributed by atoms with E-state index in [1.165, 1.54) is 41.4 Å². The molecule has 0 radical (unpaired) electrons. The average Bonchev–Trinajstić information content (AvgIpc) is 3.15. The summed E-state index contributed by atoms with van der Waals surface area (Å²) in [4.78, 5) is 7.45. The minimum Gasteiger partial charge on any atom is -0.303 e. The largest absolute Gasteiger partial charge is 0.303 e. The maximum Gasteiger partial charge on any atom is 0.131 e. The molecule has 0 bridgehead atoms. The first-order chi connectivity index (χ1) is 12.3. The Hall–Kier alpha value is -0.940. The molecule has 0 aliphatic carbocycles. The van der Waals surface area contributed by atoms with E-state index in [0.29, 0.717) is 0 Å². The van der Waals surface area contributed by atoms with Crippen molar-refractivity contribution < 1.29 is 0 Å². The zero-order valence-electron chi connectivity index (χ0n) is 14.0. The molecule has 5 heteroatoms. The maximum atomic E-state index is 6.25. The standard InChI is InChI=1S/C20H21ClN2S2/c21-16-8-9-18-17(14-16)19(15-6-2-1-3-7-15)25-20(22-18)24-13-12-23-10-4-5-11-23/h1-3,6-9,14,19H,4-5,10-13H2. The summed E-state index contributed by atoms with van der Waals surface area (Å²) in [5, 5.41) is 1.04. The van der Waals surface area contributed by atoms with Gasteiger partial charge in [0.1, 0.15) is 4.38 Å². The lowest BCUT2D eigenvalue weighted by atomic mass is 10.0. The van der Waals surface area contributed by atoms with Crippen LogP contribution in [0.25, 0.3) is 0 Å². The van der Waals surface area contributed by atoms with Crippen molar-refractivity contribution in [1.82, 2.24) is 4.90 Å². The van der Waals surface area contributed by atoms with Gasteiger partial charge < -0.3 is 4.90 Å². The van der Waals surface area contributed by atoms with Crippen LogP contribution in [0.2, 0.25) is 5.02 Å². The number of halogens is 1. The van der Waals surface area contributed by atoms with Gasteiger partial charge in [0, 0.05) is 17.3 Å². The van der Waals surface area contributed by atoms with Crippen LogP contribution in [-0.4, -0.2) is 34.7 Å². The molecule has 0 aromatic heterocycles. The van der Waals surface area contributed by atoms with Crippen molar-refractivity contribution >= 4 is 45.2 Å².